The summed E-state index contributed by atoms with van der Waals surface area (Å²) in [5.74, 6) is -0.925. The van der Waals surface area contributed by atoms with Crippen LogP contribution in [0.1, 0.15) is 50.4 Å². The van der Waals surface area contributed by atoms with Crippen molar-refractivity contribution in [2.45, 2.75) is 40.0 Å². The molecule has 5 nitrogen and oxygen atoms in total. The third kappa shape index (κ3) is 5.81. The molecule has 1 fully saturated rings. The summed E-state index contributed by atoms with van der Waals surface area (Å²) in [5.41, 5.74) is 0.439. The van der Waals surface area contributed by atoms with Crippen molar-refractivity contribution < 1.29 is 14.0 Å². The van der Waals surface area contributed by atoms with Gasteiger partial charge >= 0.3 is 0 Å². The first-order valence-corrected chi connectivity index (χ1v) is 8.87. The minimum absolute atomic E-state index is 0.0736. The van der Waals surface area contributed by atoms with Gasteiger partial charge in [-0.3, -0.25) is 9.59 Å². The molecule has 0 spiro atoms. The molecular weight excluding hydrogens is 321 g/mol. The Kier molecular flexibility index (Phi) is 6.53. The highest BCUT2D eigenvalue weighted by Crippen LogP contribution is 2.27. The van der Waals surface area contributed by atoms with Gasteiger partial charge in [-0.25, -0.2) is 4.39 Å². The molecule has 0 aromatic heterocycles. The van der Waals surface area contributed by atoms with E-state index in [0.29, 0.717) is 13.0 Å². The molecule has 0 radical (unpaired) electrons. The lowest BCUT2D eigenvalue weighted by molar-refractivity contribution is -0.116. The number of halogens is 1. The van der Waals surface area contributed by atoms with E-state index < -0.39 is 5.82 Å². The van der Waals surface area contributed by atoms with E-state index in [4.69, 9.17) is 0 Å². The van der Waals surface area contributed by atoms with Gasteiger partial charge in [0.05, 0.1) is 5.69 Å². The highest BCUT2D eigenvalue weighted by Gasteiger charge is 2.27. The Morgan fingerprint density at radius 2 is 1.96 bits per heavy atom. The van der Waals surface area contributed by atoms with Crippen LogP contribution < -0.4 is 16.0 Å². The average Bonchev–Trinajstić information content (AvgIpc) is 2.54. The maximum atomic E-state index is 14.2. The molecule has 2 amide bonds. The third-order valence-electron chi connectivity index (χ3n) is 4.59. The number of hydrogen-bond donors (Lipinski definition) is 3. The number of piperidine rings is 1. The van der Waals surface area contributed by atoms with E-state index in [1.165, 1.54) is 18.2 Å². The van der Waals surface area contributed by atoms with E-state index in [9.17, 15) is 14.0 Å². The highest BCUT2D eigenvalue weighted by atomic mass is 19.1. The third-order valence-corrected chi connectivity index (χ3v) is 4.59. The summed E-state index contributed by atoms with van der Waals surface area (Å²) >= 11 is 0. The molecule has 0 unspecified atom stereocenters. The second-order valence-corrected chi connectivity index (χ2v) is 7.58. The van der Waals surface area contributed by atoms with Gasteiger partial charge < -0.3 is 16.0 Å². The van der Waals surface area contributed by atoms with Crippen LogP contribution in [0.3, 0.4) is 0 Å². The van der Waals surface area contributed by atoms with Crippen molar-refractivity contribution in [1.82, 2.24) is 10.6 Å². The maximum absolute atomic E-state index is 14.2. The number of hydrogen-bond acceptors (Lipinski definition) is 3. The minimum Gasteiger partial charge on any atom is -0.351 e. The molecule has 0 aliphatic carbocycles. The summed E-state index contributed by atoms with van der Waals surface area (Å²) in [6, 6.07) is 4.15. The maximum Gasteiger partial charge on any atom is 0.251 e. The van der Waals surface area contributed by atoms with Gasteiger partial charge in [0.2, 0.25) is 5.91 Å². The second-order valence-electron chi connectivity index (χ2n) is 7.58. The Bertz CT molecular complexity index is 625. The molecule has 1 aliphatic rings. The highest BCUT2D eigenvalue weighted by molar-refractivity contribution is 5.96. The summed E-state index contributed by atoms with van der Waals surface area (Å²) in [5, 5.41) is 8.75. The van der Waals surface area contributed by atoms with Crippen LogP contribution in [0.4, 0.5) is 10.1 Å². The number of amides is 2. The van der Waals surface area contributed by atoms with Gasteiger partial charge in [-0.1, -0.05) is 20.8 Å². The molecule has 1 aliphatic heterocycles. The normalized spacial score (nSPS) is 16.5. The summed E-state index contributed by atoms with van der Waals surface area (Å²) in [6.45, 7) is 8.47. The average molecular weight is 349 g/mol. The van der Waals surface area contributed by atoms with Crippen molar-refractivity contribution in [2.75, 3.05) is 25.0 Å². The SMILES string of the molecule is CC(C)CC(=O)Nc1ccc(C(=O)NCC2(C)CCNCC2)cc1F. The molecule has 138 valence electrons. The van der Waals surface area contributed by atoms with Crippen molar-refractivity contribution in [2.24, 2.45) is 11.3 Å². The van der Waals surface area contributed by atoms with Gasteiger partial charge in [-0.15, -0.1) is 0 Å². The zero-order chi connectivity index (χ0) is 18.4. The molecule has 0 saturated carbocycles. The fourth-order valence-corrected chi connectivity index (χ4v) is 2.93. The van der Waals surface area contributed by atoms with Crippen LogP contribution in [0.25, 0.3) is 0 Å². The Labute approximate surface area is 148 Å². The molecule has 0 atom stereocenters. The standard InChI is InChI=1S/C19H28FN3O2/c1-13(2)10-17(24)23-16-5-4-14(11-15(16)20)18(25)22-12-19(3)6-8-21-9-7-19/h4-5,11,13,21H,6-10,12H2,1-3H3,(H,22,25)(H,23,24). The van der Waals surface area contributed by atoms with Crippen LogP contribution >= 0.6 is 0 Å². The van der Waals surface area contributed by atoms with E-state index in [1.54, 1.807) is 0 Å². The number of carbonyl (C=O) groups is 2. The van der Waals surface area contributed by atoms with Crippen molar-refractivity contribution in [1.29, 1.82) is 0 Å². The molecular formula is C19H28FN3O2. The van der Waals surface area contributed by atoms with Gasteiger partial charge in [0.15, 0.2) is 0 Å². The summed E-state index contributed by atoms with van der Waals surface area (Å²) in [7, 11) is 0. The predicted molar refractivity (Wildman–Crippen MR) is 97.0 cm³/mol. The lowest BCUT2D eigenvalue weighted by atomic mass is 9.81. The van der Waals surface area contributed by atoms with E-state index in [2.05, 4.69) is 22.9 Å². The summed E-state index contributed by atoms with van der Waals surface area (Å²) < 4.78 is 14.2. The van der Waals surface area contributed by atoms with Crippen LogP contribution in [-0.2, 0) is 4.79 Å². The summed E-state index contributed by atoms with van der Waals surface area (Å²) in [4.78, 5) is 24.0. The van der Waals surface area contributed by atoms with E-state index in [0.717, 1.165) is 25.9 Å². The molecule has 3 N–H and O–H groups in total. The van der Waals surface area contributed by atoms with Gasteiger partial charge in [0.1, 0.15) is 5.82 Å². The van der Waals surface area contributed by atoms with E-state index >= 15 is 0 Å². The summed E-state index contributed by atoms with van der Waals surface area (Å²) in [6.07, 6.45) is 2.33. The van der Waals surface area contributed by atoms with Crippen LogP contribution in [-0.4, -0.2) is 31.4 Å². The minimum atomic E-state index is -0.599. The monoisotopic (exact) mass is 349 g/mol. The first-order valence-electron chi connectivity index (χ1n) is 8.87. The van der Waals surface area contributed by atoms with Crippen molar-refractivity contribution in [3.63, 3.8) is 0 Å². The molecule has 6 heteroatoms. The fourth-order valence-electron chi connectivity index (χ4n) is 2.93. The molecule has 25 heavy (non-hydrogen) atoms. The zero-order valence-corrected chi connectivity index (χ0v) is 15.2. The van der Waals surface area contributed by atoms with Crippen LogP contribution in [0.15, 0.2) is 18.2 Å². The molecule has 2 rings (SSSR count). The zero-order valence-electron chi connectivity index (χ0n) is 15.2. The van der Waals surface area contributed by atoms with Gasteiger partial charge in [-0.05, 0) is 55.5 Å². The van der Waals surface area contributed by atoms with Crippen molar-refractivity contribution in [3.05, 3.63) is 29.6 Å². The number of rotatable bonds is 6. The van der Waals surface area contributed by atoms with Gasteiger partial charge in [0, 0.05) is 18.5 Å². The topological polar surface area (TPSA) is 70.2 Å². The van der Waals surface area contributed by atoms with Crippen molar-refractivity contribution in [3.8, 4) is 0 Å². The predicted octanol–water partition coefficient (Wildman–Crippen LogP) is 2.93. The first kappa shape index (κ1) is 19.4. The van der Waals surface area contributed by atoms with E-state index in [1.807, 2.05) is 13.8 Å². The lowest BCUT2D eigenvalue weighted by Gasteiger charge is -2.34. The second kappa shape index (κ2) is 8.43. The number of nitrogens with one attached hydrogen (secondary N) is 3. The van der Waals surface area contributed by atoms with Crippen LogP contribution in [0.2, 0.25) is 0 Å². The smallest absolute Gasteiger partial charge is 0.251 e. The largest absolute Gasteiger partial charge is 0.351 e. The Hall–Kier alpha value is -1.95. The first-order chi connectivity index (χ1) is 11.8. The number of benzene rings is 1. The molecule has 1 heterocycles. The Morgan fingerprint density at radius 3 is 2.56 bits per heavy atom. The molecule has 1 aromatic rings. The van der Waals surface area contributed by atoms with Gasteiger partial charge in [-0.2, -0.15) is 0 Å². The Balaban J connectivity index is 1.94. The quantitative estimate of drug-likeness (QED) is 0.739. The Morgan fingerprint density at radius 1 is 1.28 bits per heavy atom. The molecule has 1 aromatic carbocycles. The molecule has 0 bridgehead atoms. The lowest BCUT2D eigenvalue weighted by Crippen LogP contribution is -2.42. The van der Waals surface area contributed by atoms with E-state index in [-0.39, 0.29) is 34.4 Å². The molecule has 1 saturated heterocycles. The van der Waals surface area contributed by atoms with Crippen molar-refractivity contribution >= 4 is 17.5 Å². The van der Waals surface area contributed by atoms with Gasteiger partial charge in [0.25, 0.3) is 5.91 Å². The fraction of sp³-hybridized carbons (Fsp3) is 0.579. The number of anilines is 1. The number of carbonyl (C=O) groups excluding carboxylic acids is 2. The van der Waals surface area contributed by atoms with Crippen LogP contribution in [0.5, 0.6) is 0 Å². The van der Waals surface area contributed by atoms with Crippen LogP contribution in [0, 0.1) is 17.2 Å².